The predicted molar refractivity (Wildman–Crippen MR) is 68.4 cm³/mol. The van der Waals surface area contributed by atoms with Gasteiger partial charge in [-0.1, -0.05) is 11.6 Å². The van der Waals surface area contributed by atoms with Crippen molar-refractivity contribution in [1.82, 2.24) is 9.97 Å². The van der Waals surface area contributed by atoms with Crippen molar-refractivity contribution in [3.05, 3.63) is 17.4 Å². The van der Waals surface area contributed by atoms with Crippen LogP contribution in [0.15, 0.2) is 12.4 Å². The summed E-state index contributed by atoms with van der Waals surface area (Å²) in [6.45, 7) is 1.84. The lowest BCUT2D eigenvalue weighted by atomic mass is 10.1. The SMILES string of the molecule is Clc1cnc(NCCCCC2CCCO2)nc1. The molecule has 0 radical (unpaired) electrons. The molecule has 0 aromatic carbocycles. The van der Waals surface area contributed by atoms with Crippen LogP contribution in [0.25, 0.3) is 0 Å². The average Bonchev–Trinajstić information content (AvgIpc) is 2.84. The van der Waals surface area contributed by atoms with E-state index in [1.54, 1.807) is 12.4 Å². The topological polar surface area (TPSA) is 47.0 Å². The van der Waals surface area contributed by atoms with Crippen LogP contribution in [-0.2, 0) is 4.74 Å². The summed E-state index contributed by atoms with van der Waals surface area (Å²) in [6, 6.07) is 0. The van der Waals surface area contributed by atoms with Crippen LogP contribution in [0.3, 0.4) is 0 Å². The first kappa shape index (κ1) is 12.6. The third-order valence-corrected chi connectivity index (χ3v) is 3.08. The number of rotatable bonds is 6. The molecule has 5 heteroatoms. The van der Waals surface area contributed by atoms with Crippen molar-refractivity contribution in [2.45, 2.75) is 38.2 Å². The number of ether oxygens (including phenoxy) is 1. The first-order valence-corrected chi connectivity index (χ1v) is 6.55. The number of halogens is 1. The molecule has 2 heterocycles. The Balaban J connectivity index is 1.55. The lowest BCUT2D eigenvalue weighted by Gasteiger charge is -2.09. The minimum atomic E-state index is 0.502. The average molecular weight is 256 g/mol. The Bertz CT molecular complexity index is 325. The second-order valence-electron chi connectivity index (χ2n) is 4.28. The van der Waals surface area contributed by atoms with E-state index in [1.807, 2.05) is 0 Å². The fraction of sp³-hybridized carbons (Fsp3) is 0.667. The van der Waals surface area contributed by atoms with Crippen molar-refractivity contribution in [3.8, 4) is 0 Å². The van der Waals surface area contributed by atoms with Gasteiger partial charge in [-0.15, -0.1) is 0 Å². The largest absolute Gasteiger partial charge is 0.378 e. The number of hydrogen-bond acceptors (Lipinski definition) is 4. The second kappa shape index (κ2) is 6.77. The molecule has 4 nitrogen and oxygen atoms in total. The van der Waals surface area contributed by atoms with Gasteiger partial charge in [0.05, 0.1) is 23.5 Å². The smallest absolute Gasteiger partial charge is 0.222 e. The van der Waals surface area contributed by atoms with Gasteiger partial charge in [0.1, 0.15) is 0 Å². The van der Waals surface area contributed by atoms with Gasteiger partial charge in [-0.05, 0) is 32.1 Å². The molecule has 1 N–H and O–H groups in total. The zero-order valence-corrected chi connectivity index (χ0v) is 10.6. The third kappa shape index (κ3) is 4.48. The number of nitrogens with one attached hydrogen (secondary N) is 1. The summed E-state index contributed by atoms with van der Waals surface area (Å²) in [5, 5.41) is 3.74. The van der Waals surface area contributed by atoms with Gasteiger partial charge >= 0.3 is 0 Å². The van der Waals surface area contributed by atoms with Gasteiger partial charge < -0.3 is 10.1 Å². The Morgan fingerprint density at radius 1 is 1.35 bits per heavy atom. The highest BCUT2D eigenvalue weighted by molar-refractivity contribution is 6.30. The van der Waals surface area contributed by atoms with Crippen LogP contribution in [0.1, 0.15) is 32.1 Å². The summed E-state index contributed by atoms with van der Waals surface area (Å²) in [7, 11) is 0. The van der Waals surface area contributed by atoms with Crippen molar-refractivity contribution in [3.63, 3.8) is 0 Å². The standard InChI is InChI=1S/C12H18ClN3O/c13-10-8-15-12(16-9-10)14-6-2-1-4-11-5-3-7-17-11/h8-9,11H,1-7H2,(H,14,15,16). The summed E-state index contributed by atoms with van der Waals surface area (Å²) in [5.41, 5.74) is 0. The van der Waals surface area contributed by atoms with Gasteiger partial charge in [0, 0.05) is 13.2 Å². The van der Waals surface area contributed by atoms with E-state index < -0.39 is 0 Å². The zero-order valence-electron chi connectivity index (χ0n) is 9.86. The molecule has 0 bridgehead atoms. The Morgan fingerprint density at radius 3 is 2.88 bits per heavy atom. The highest BCUT2D eigenvalue weighted by Gasteiger charge is 2.14. The van der Waals surface area contributed by atoms with E-state index in [-0.39, 0.29) is 0 Å². The molecule has 0 saturated carbocycles. The van der Waals surface area contributed by atoms with Gasteiger partial charge in [0.25, 0.3) is 0 Å². The van der Waals surface area contributed by atoms with E-state index >= 15 is 0 Å². The molecule has 1 unspecified atom stereocenters. The van der Waals surface area contributed by atoms with E-state index in [2.05, 4.69) is 15.3 Å². The van der Waals surface area contributed by atoms with Crippen LogP contribution in [0.5, 0.6) is 0 Å². The Labute approximate surface area is 107 Å². The first-order chi connectivity index (χ1) is 8.34. The fourth-order valence-electron chi connectivity index (χ4n) is 1.97. The van der Waals surface area contributed by atoms with Crippen molar-refractivity contribution < 1.29 is 4.74 Å². The maximum Gasteiger partial charge on any atom is 0.222 e. The molecule has 0 amide bonds. The van der Waals surface area contributed by atoms with Gasteiger partial charge in [-0.25, -0.2) is 9.97 Å². The molecule has 0 spiro atoms. The summed E-state index contributed by atoms with van der Waals surface area (Å²) >= 11 is 5.70. The lowest BCUT2D eigenvalue weighted by Crippen LogP contribution is -2.08. The monoisotopic (exact) mass is 255 g/mol. The molecule has 17 heavy (non-hydrogen) atoms. The molecule has 94 valence electrons. The highest BCUT2D eigenvalue weighted by atomic mass is 35.5. The number of aromatic nitrogens is 2. The predicted octanol–water partition coefficient (Wildman–Crippen LogP) is 2.89. The van der Waals surface area contributed by atoms with Crippen LogP contribution in [0, 0.1) is 0 Å². The summed E-state index contributed by atoms with van der Waals surface area (Å²) in [4.78, 5) is 8.15. The minimum absolute atomic E-state index is 0.502. The van der Waals surface area contributed by atoms with Crippen molar-refractivity contribution >= 4 is 17.5 Å². The second-order valence-corrected chi connectivity index (χ2v) is 4.72. The fourth-order valence-corrected chi connectivity index (χ4v) is 2.07. The van der Waals surface area contributed by atoms with Crippen molar-refractivity contribution in [2.24, 2.45) is 0 Å². The van der Waals surface area contributed by atoms with Gasteiger partial charge in [0.15, 0.2) is 0 Å². The molecule has 1 atom stereocenters. The molecular formula is C12H18ClN3O. The normalized spacial score (nSPS) is 19.5. The summed E-state index contributed by atoms with van der Waals surface area (Å²) in [6.07, 6.45) is 9.63. The molecule has 1 fully saturated rings. The van der Waals surface area contributed by atoms with Crippen LogP contribution in [0.4, 0.5) is 5.95 Å². The van der Waals surface area contributed by atoms with E-state index in [4.69, 9.17) is 16.3 Å². The van der Waals surface area contributed by atoms with E-state index in [1.165, 1.54) is 25.7 Å². The third-order valence-electron chi connectivity index (χ3n) is 2.88. The molecule has 2 rings (SSSR count). The maximum atomic E-state index is 5.70. The molecule has 1 aromatic rings. The molecule has 0 aliphatic carbocycles. The van der Waals surface area contributed by atoms with Gasteiger partial charge in [-0.3, -0.25) is 0 Å². The van der Waals surface area contributed by atoms with Crippen LogP contribution in [0.2, 0.25) is 5.02 Å². The Kier molecular flexibility index (Phi) is 5.01. The number of unbranched alkanes of at least 4 members (excludes halogenated alkanes) is 1. The Hall–Kier alpha value is -0.870. The number of nitrogens with zero attached hydrogens (tertiary/aromatic N) is 2. The van der Waals surface area contributed by atoms with Gasteiger partial charge in [0.2, 0.25) is 5.95 Å². The van der Waals surface area contributed by atoms with Crippen molar-refractivity contribution in [1.29, 1.82) is 0 Å². The number of anilines is 1. The van der Waals surface area contributed by atoms with Crippen LogP contribution in [-0.4, -0.2) is 29.2 Å². The summed E-state index contributed by atoms with van der Waals surface area (Å²) < 4.78 is 5.57. The quantitative estimate of drug-likeness (QED) is 0.794. The lowest BCUT2D eigenvalue weighted by molar-refractivity contribution is 0.102. The Morgan fingerprint density at radius 2 is 2.18 bits per heavy atom. The molecule has 1 aliphatic rings. The molecule has 1 aromatic heterocycles. The molecule has 1 aliphatic heterocycles. The van der Waals surface area contributed by atoms with Crippen molar-refractivity contribution in [2.75, 3.05) is 18.5 Å². The molecule has 1 saturated heterocycles. The maximum absolute atomic E-state index is 5.70. The minimum Gasteiger partial charge on any atom is -0.378 e. The number of hydrogen-bond donors (Lipinski definition) is 1. The molecular weight excluding hydrogens is 238 g/mol. The highest BCUT2D eigenvalue weighted by Crippen LogP contribution is 2.17. The van der Waals surface area contributed by atoms with Crippen LogP contribution >= 0.6 is 11.6 Å². The van der Waals surface area contributed by atoms with E-state index in [9.17, 15) is 0 Å². The zero-order chi connectivity index (χ0) is 11.9. The van der Waals surface area contributed by atoms with E-state index in [0.29, 0.717) is 17.1 Å². The van der Waals surface area contributed by atoms with Gasteiger partial charge in [-0.2, -0.15) is 0 Å². The summed E-state index contributed by atoms with van der Waals surface area (Å²) in [5.74, 6) is 0.645. The van der Waals surface area contributed by atoms with E-state index in [0.717, 1.165) is 19.6 Å². The van der Waals surface area contributed by atoms with Crippen LogP contribution < -0.4 is 5.32 Å². The first-order valence-electron chi connectivity index (χ1n) is 6.17.